The van der Waals surface area contributed by atoms with Crippen LogP contribution in [0, 0.1) is 19.8 Å². The predicted octanol–water partition coefficient (Wildman–Crippen LogP) is 4.72. The van der Waals surface area contributed by atoms with Crippen LogP contribution in [-0.2, 0) is 17.6 Å². The van der Waals surface area contributed by atoms with Gasteiger partial charge in [-0.1, -0.05) is 46.3 Å². The maximum atomic E-state index is 14.6. The highest BCUT2D eigenvalue weighted by Gasteiger charge is 2.44. The average Bonchev–Trinajstić information content (AvgIpc) is 3.24. The Morgan fingerprint density at radius 1 is 0.957 bits per heavy atom. The minimum atomic E-state index is -1.01. The zero-order valence-electron chi connectivity index (χ0n) is 27.0. The molecule has 4 aliphatic heterocycles. The van der Waals surface area contributed by atoms with Gasteiger partial charge in [0, 0.05) is 80.6 Å². The second kappa shape index (κ2) is 14.3. The molecule has 2 aromatic rings. The summed E-state index contributed by atoms with van der Waals surface area (Å²) in [4.78, 5) is 48.8. The molecule has 10 nitrogen and oxygen atoms in total. The number of piperidine rings is 2. The molecule has 0 aliphatic carbocycles. The Hall–Kier alpha value is -3.15. The number of aryl methyl sites for hydroxylation is 2. The lowest BCUT2D eigenvalue weighted by Crippen LogP contribution is -2.59. The highest BCUT2D eigenvalue weighted by atomic mass is 79.9. The van der Waals surface area contributed by atoms with Crippen molar-refractivity contribution < 1.29 is 19.5 Å². The summed E-state index contributed by atoms with van der Waals surface area (Å²) in [5.74, 6) is -0.525. The minimum absolute atomic E-state index is 0.0293. The second-order valence-corrected chi connectivity index (χ2v) is 14.2. The third kappa shape index (κ3) is 7.06. The number of benzene rings is 2. The first-order valence-corrected chi connectivity index (χ1v) is 17.6. The lowest BCUT2D eigenvalue weighted by Gasteiger charge is -2.46. The summed E-state index contributed by atoms with van der Waals surface area (Å²) in [6.07, 6.45) is 3.00. The number of para-hydroxylation sites is 1. The van der Waals surface area contributed by atoms with Crippen molar-refractivity contribution >= 4 is 39.6 Å². The van der Waals surface area contributed by atoms with E-state index in [9.17, 15) is 19.5 Å². The molecule has 4 heterocycles. The van der Waals surface area contributed by atoms with Crippen molar-refractivity contribution in [3.8, 4) is 0 Å². The topological polar surface area (TPSA) is 108 Å². The van der Waals surface area contributed by atoms with E-state index in [4.69, 9.17) is 0 Å². The van der Waals surface area contributed by atoms with Gasteiger partial charge in [-0.3, -0.25) is 9.69 Å². The first-order chi connectivity index (χ1) is 22.2. The number of carbonyl (C=O) groups is 3. The van der Waals surface area contributed by atoms with Gasteiger partial charge in [0.25, 0.3) is 0 Å². The number of hydrogen-bond acceptors (Lipinski definition) is 5. The van der Waals surface area contributed by atoms with Gasteiger partial charge in [-0.05, 0) is 80.7 Å². The van der Waals surface area contributed by atoms with Gasteiger partial charge in [-0.25, -0.2) is 9.59 Å². The number of nitrogens with zero attached hydrogens (tertiary/aromatic N) is 4. The number of carboxylic acid groups (broad SMARTS) is 1. The number of rotatable bonds is 6. The Morgan fingerprint density at radius 3 is 2.33 bits per heavy atom. The van der Waals surface area contributed by atoms with E-state index in [0.29, 0.717) is 44.9 Å². The first-order valence-electron chi connectivity index (χ1n) is 16.8. The number of likely N-dealkylation sites (tertiary alicyclic amines) is 2. The summed E-state index contributed by atoms with van der Waals surface area (Å²) in [6.45, 7) is 10.4. The predicted molar refractivity (Wildman–Crippen MR) is 182 cm³/mol. The smallest absolute Gasteiger partial charge is 0.407 e. The summed E-state index contributed by atoms with van der Waals surface area (Å²) in [5, 5.41) is 16.9. The van der Waals surface area contributed by atoms with Crippen LogP contribution in [-0.4, -0.2) is 113 Å². The number of nitrogens with one attached hydrogen (secondary N) is 2. The monoisotopic (exact) mass is 694 g/mol. The lowest BCUT2D eigenvalue weighted by molar-refractivity contribution is -0.140. The van der Waals surface area contributed by atoms with E-state index in [1.54, 1.807) is 0 Å². The molecule has 0 bridgehead atoms. The van der Waals surface area contributed by atoms with Crippen molar-refractivity contribution in [1.29, 1.82) is 0 Å². The van der Waals surface area contributed by atoms with E-state index in [1.165, 1.54) is 4.90 Å². The van der Waals surface area contributed by atoms with E-state index in [2.05, 4.69) is 57.4 Å². The molecule has 4 amide bonds. The number of fused-ring (bicyclic) bond motifs is 1. The Kier molecular flexibility index (Phi) is 10.2. The summed E-state index contributed by atoms with van der Waals surface area (Å²) >= 11 is 3.68. The molecule has 4 aliphatic rings. The number of piperazine rings is 1. The van der Waals surface area contributed by atoms with Gasteiger partial charge in [0.1, 0.15) is 0 Å². The van der Waals surface area contributed by atoms with Crippen LogP contribution in [0.15, 0.2) is 40.9 Å². The van der Waals surface area contributed by atoms with Crippen molar-refractivity contribution in [3.63, 3.8) is 0 Å². The molecule has 0 saturated carbocycles. The van der Waals surface area contributed by atoms with Gasteiger partial charge in [0.15, 0.2) is 0 Å². The van der Waals surface area contributed by atoms with Gasteiger partial charge < -0.3 is 30.4 Å². The highest BCUT2D eigenvalue weighted by Crippen LogP contribution is 2.34. The van der Waals surface area contributed by atoms with E-state index in [1.807, 2.05) is 34.1 Å². The maximum absolute atomic E-state index is 14.6. The van der Waals surface area contributed by atoms with Gasteiger partial charge in [-0.15, -0.1) is 0 Å². The van der Waals surface area contributed by atoms with E-state index in [-0.39, 0.29) is 24.5 Å². The summed E-state index contributed by atoms with van der Waals surface area (Å²) in [7, 11) is 0. The fourth-order valence-corrected chi connectivity index (χ4v) is 8.38. The number of hydrogen-bond donors (Lipinski definition) is 3. The van der Waals surface area contributed by atoms with Crippen LogP contribution in [0.25, 0.3) is 0 Å². The van der Waals surface area contributed by atoms with E-state index >= 15 is 0 Å². The Balaban J connectivity index is 1.26. The average molecular weight is 696 g/mol. The van der Waals surface area contributed by atoms with Crippen molar-refractivity contribution in [1.82, 2.24) is 24.9 Å². The molecule has 2 aromatic carbocycles. The van der Waals surface area contributed by atoms with Crippen LogP contribution < -0.4 is 10.6 Å². The molecular weight excluding hydrogens is 648 g/mol. The van der Waals surface area contributed by atoms with Crippen LogP contribution >= 0.6 is 15.9 Å². The molecule has 0 spiro atoms. The molecule has 248 valence electrons. The van der Waals surface area contributed by atoms with Gasteiger partial charge in [0.05, 0.1) is 5.92 Å². The molecule has 3 saturated heterocycles. The minimum Gasteiger partial charge on any atom is -0.465 e. The number of anilines is 1. The van der Waals surface area contributed by atoms with Crippen LogP contribution in [0.5, 0.6) is 0 Å². The zero-order chi connectivity index (χ0) is 32.4. The quantitative estimate of drug-likeness (QED) is 0.404. The molecule has 0 aromatic heterocycles. The number of amides is 4. The number of carbonyl (C=O) groups excluding carboxylic acids is 2. The second-order valence-electron chi connectivity index (χ2n) is 13.4. The molecule has 3 atom stereocenters. The van der Waals surface area contributed by atoms with E-state index < -0.39 is 18.1 Å². The van der Waals surface area contributed by atoms with Crippen molar-refractivity contribution in [2.75, 3.05) is 57.7 Å². The maximum Gasteiger partial charge on any atom is 0.407 e. The summed E-state index contributed by atoms with van der Waals surface area (Å²) < 4.78 is 1.05. The molecule has 11 heteroatoms. The Bertz CT molecular complexity index is 1420. The van der Waals surface area contributed by atoms with Crippen LogP contribution in [0.1, 0.15) is 47.9 Å². The lowest BCUT2D eigenvalue weighted by atomic mass is 9.82. The fourth-order valence-electron chi connectivity index (χ4n) is 8.15. The van der Waals surface area contributed by atoms with Gasteiger partial charge in [0.2, 0.25) is 5.91 Å². The highest BCUT2D eigenvalue weighted by molar-refractivity contribution is 9.10. The molecule has 46 heavy (non-hydrogen) atoms. The molecular formula is C35H47BrN6O4. The largest absolute Gasteiger partial charge is 0.465 e. The SMILES string of the molecule is Cc1cc(CC(C(=O)N2CCC(N3CCNCC3)CC2)[C@H]2CC(N3CCc4ccccc4NC3=O)CCN2C(=O)O)cc(C)c1Br. The normalized spacial score (nSPS) is 23.8. The summed E-state index contributed by atoms with van der Waals surface area (Å²) in [5.41, 5.74) is 5.14. The summed E-state index contributed by atoms with van der Waals surface area (Å²) in [6, 6.07) is 11.7. The third-order valence-electron chi connectivity index (χ3n) is 10.6. The Morgan fingerprint density at radius 2 is 1.63 bits per heavy atom. The van der Waals surface area contributed by atoms with Crippen molar-refractivity contribution in [3.05, 3.63) is 63.1 Å². The molecule has 6 rings (SSSR count). The van der Waals surface area contributed by atoms with Crippen molar-refractivity contribution in [2.24, 2.45) is 5.92 Å². The van der Waals surface area contributed by atoms with Crippen LogP contribution in [0.3, 0.4) is 0 Å². The Labute approximate surface area is 280 Å². The number of halogens is 1. The first kappa shape index (κ1) is 32.8. The standard InChI is InChI=1S/C35H47BrN6O4/c1-23-19-25(20-24(2)32(23)36)21-29(33(43)40-13-8-27(9-14-40)39-17-11-37-12-18-39)31-22-28(10-16-42(31)35(45)46)41-15-7-26-5-3-4-6-30(26)38-34(41)44/h3-6,19-20,27-29,31,37H,7-18,21-22H2,1-2H3,(H,38,44)(H,45,46)/t28?,29?,31-/m1/s1. The van der Waals surface area contributed by atoms with Gasteiger partial charge >= 0.3 is 12.1 Å². The zero-order valence-corrected chi connectivity index (χ0v) is 28.6. The van der Waals surface area contributed by atoms with Crippen molar-refractivity contribution in [2.45, 2.75) is 70.5 Å². The van der Waals surface area contributed by atoms with E-state index in [0.717, 1.165) is 77.9 Å². The molecule has 0 radical (unpaired) electrons. The number of urea groups is 1. The van der Waals surface area contributed by atoms with Gasteiger partial charge in [-0.2, -0.15) is 0 Å². The fraction of sp³-hybridized carbons (Fsp3) is 0.571. The molecule has 3 fully saturated rings. The van der Waals surface area contributed by atoms with Crippen LogP contribution in [0.4, 0.5) is 15.3 Å². The molecule has 3 N–H and O–H groups in total. The van der Waals surface area contributed by atoms with Crippen LogP contribution in [0.2, 0.25) is 0 Å². The molecule has 2 unspecified atom stereocenters. The third-order valence-corrected chi connectivity index (χ3v) is 11.9.